The summed E-state index contributed by atoms with van der Waals surface area (Å²) < 4.78 is 0. The molecule has 1 nitrogen and oxygen atoms in total. The van der Waals surface area contributed by atoms with Gasteiger partial charge in [-0.15, -0.1) is 0 Å². The fourth-order valence-electron chi connectivity index (χ4n) is 0.406. The molecule has 0 aliphatic carbocycles. The van der Waals surface area contributed by atoms with Gasteiger partial charge in [0.15, 0.2) is 0 Å². The molecule has 0 saturated heterocycles. The average molecular weight is 107 g/mol. The van der Waals surface area contributed by atoms with E-state index in [0.29, 0.717) is 5.57 Å². The van der Waals surface area contributed by atoms with Crippen LogP contribution in [0.4, 0.5) is 0 Å². The Morgan fingerprint density at radius 3 is 2.25 bits per heavy atom. The molecule has 0 rings (SSSR count). The van der Waals surface area contributed by atoms with Crippen LogP contribution in [0.3, 0.4) is 0 Å². The van der Waals surface area contributed by atoms with Gasteiger partial charge in [0.05, 0.1) is 11.6 Å². The first-order valence-electron chi connectivity index (χ1n) is 2.44. The van der Waals surface area contributed by atoms with Gasteiger partial charge in [0.25, 0.3) is 0 Å². The van der Waals surface area contributed by atoms with Crippen LogP contribution in [-0.2, 0) is 0 Å². The highest BCUT2D eigenvalue weighted by molar-refractivity contribution is 5.37. The Hall–Kier alpha value is -1.03. The van der Waals surface area contributed by atoms with E-state index >= 15 is 0 Å². The normalized spacial score (nSPS) is 10.4. The predicted octanol–water partition coefficient (Wildman–Crippen LogP) is 2.03. The van der Waals surface area contributed by atoms with Gasteiger partial charge in [-0.2, -0.15) is 5.26 Å². The molecule has 0 aromatic rings. The molecule has 0 bridgehead atoms. The van der Waals surface area contributed by atoms with E-state index in [9.17, 15) is 0 Å². The summed E-state index contributed by atoms with van der Waals surface area (Å²) in [4.78, 5) is 0. The van der Waals surface area contributed by atoms with Crippen LogP contribution in [0.15, 0.2) is 23.8 Å². The maximum absolute atomic E-state index is 8.32. The Morgan fingerprint density at radius 2 is 2.25 bits per heavy atom. The van der Waals surface area contributed by atoms with Crippen molar-refractivity contribution in [1.29, 1.82) is 5.26 Å². The second kappa shape index (κ2) is 3.04. The Bertz CT molecular complexity index is 158. The SMILES string of the molecule is C=C(C)/C(C#N)=C\C. The zero-order valence-corrected chi connectivity index (χ0v) is 5.23. The van der Waals surface area contributed by atoms with Crippen LogP contribution in [0.25, 0.3) is 0 Å². The van der Waals surface area contributed by atoms with Gasteiger partial charge in [0.2, 0.25) is 0 Å². The lowest BCUT2D eigenvalue weighted by Gasteiger charge is -1.88. The van der Waals surface area contributed by atoms with E-state index in [2.05, 4.69) is 6.58 Å². The summed E-state index contributed by atoms with van der Waals surface area (Å²) in [6, 6.07) is 2.01. The Morgan fingerprint density at radius 1 is 1.75 bits per heavy atom. The molecule has 0 amide bonds. The molecular formula is C7H9N. The number of hydrogen-bond donors (Lipinski definition) is 0. The predicted molar refractivity (Wildman–Crippen MR) is 34.2 cm³/mol. The third kappa shape index (κ3) is 1.61. The van der Waals surface area contributed by atoms with Gasteiger partial charge in [0, 0.05) is 0 Å². The van der Waals surface area contributed by atoms with Crippen LogP contribution in [-0.4, -0.2) is 0 Å². The summed E-state index contributed by atoms with van der Waals surface area (Å²) in [5.41, 5.74) is 1.50. The average Bonchev–Trinajstić information content (AvgIpc) is 1.69. The minimum absolute atomic E-state index is 0.671. The van der Waals surface area contributed by atoms with Crippen LogP contribution in [0.1, 0.15) is 13.8 Å². The molecule has 1 heteroatoms. The summed E-state index contributed by atoms with van der Waals surface area (Å²) in [6.07, 6.45) is 1.75. The molecule has 42 valence electrons. The van der Waals surface area contributed by atoms with Gasteiger partial charge in [0.1, 0.15) is 0 Å². The summed E-state index contributed by atoms with van der Waals surface area (Å²) in [5, 5.41) is 8.32. The molecule has 0 aromatic carbocycles. The highest BCUT2D eigenvalue weighted by Gasteiger charge is 1.89. The van der Waals surface area contributed by atoms with Crippen molar-refractivity contribution in [3.05, 3.63) is 23.8 Å². The molecule has 0 unspecified atom stereocenters. The molecule has 0 spiro atoms. The Balaban J connectivity index is 4.20. The van der Waals surface area contributed by atoms with E-state index in [1.165, 1.54) is 0 Å². The van der Waals surface area contributed by atoms with Gasteiger partial charge < -0.3 is 0 Å². The monoisotopic (exact) mass is 107 g/mol. The second-order valence-corrected chi connectivity index (χ2v) is 1.59. The Kier molecular flexibility index (Phi) is 2.64. The lowest BCUT2D eigenvalue weighted by Crippen LogP contribution is -1.75. The first-order valence-corrected chi connectivity index (χ1v) is 2.44. The molecule has 0 fully saturated rings. The molecule has 0 radical (unpaired) electrons. The van der Waals surface area contributed by atoms with Crippen molar-refractivity contribution in [3.8, 4) is 6.07 Å². The second-order valence-electron chi connectivity index (χ2n) is 1.59. The minimum atomic E-state index is 0.671. The van der Waals surface area contributed by atoms with Crippen LogP contribution in [0, 0.1) is 11.3 Å². The standard InChI is InChI=1S/C7H9N/c1-4-7(5-8)6(2)3/h4H,2H2,1,3H3/b7-4-. The smallest absolute Gasteiger partial charge is 0.0990 e. The molecule has 8 heavy (non-hydrogen) atoms. The highest BCUT2D eigenvalue weighted by Crippen LogP contribution is 2.02. The fraction of sp³-hybridized carbons (Fsp3) is 0.286. The first-order chi connectivity index (χ1) is 3.72. The van der Waals surface area contributed by atoms with Crippen molar-refractivity contribution in [1.82, 2.24) is 0 Å². The molecule has 0 atom stereocenters. The lowest BCUT2D eigenvalue weighted by molar-refractivity contribution is 1.40. The topological polar surface area (TPSA) is 23.8 Å². The maximum atomic E-state index is 8.32. The molecule has 0 saturated carbocycles. The van der Waals surface area contributed by atoms with E-state index < -0.39 is 0 Å². The molecular weight excluding hydrogens is 98.1 g/mol. The van der Waals surface area contributed by atoms with Crippen LogP contribution in [0.2, 0.25) is 0 Å². The van der Waals surface area contributed by atoms with Crippen molar-refractivity contribution in [3.63, 3.8) is 0 Å². The van der Waals surface area contributed by atoms with Gasteiger partial charge in [-0.25, -0.2) is 0 Å². The van der Waals surface area contributed by atoms with Crippen molar-refractivity contribution in [2.24, 2.45) is 0 Å². The zero-order chi connectivity index (χ0) is 6.57. The largest absolute Gasteiger partial charge is 0.192 e. The zero-order valence-electron chi connectivity index (χ0n) is 5.23. The van der Waals surface area contributed by atoms with Gasteiger partial charge >= 0.3 is 0 Å². The van der Waals surface area contributed by atoms with Crippen molar-refractivity contribution in [2.75, 3.05) is 0 Å². The van der Waals surface area contributed by atoms with E-state index in [1.807, 2.05) is 19.9 Å². The number of nitrogens with zero attached hydrogens (tertiary/aromatic N) is 1. The summed E-state index contributed by atoms with van der Waals surface area (Å²) in [5.74, 6) is 0. The number of rotatable bonds is 1. The van der Waals surface area contributed by atoms with Crippen LogP contribution in [0.5, 0.6) is 0 Å². The lowest BCUT2D eigenvalue weighted by atomic mass is 10.1. The maximum Gasteiger partial charge on any atom is 0.0990 e. The highest BCUT2D eigenvalue weighted by atomic mass is 14.2. The van der Waals surface area contributed by atoms with E-state index in [4.69, 9.17) is 5.26 Å². The summed E-state index contributed by atoms with van der Waals surface area (Å²) in [6.45, 7) is 7.25. The molecule has 0 aliphatic rings. The van der Waals surface area contributed by atoms with Gasteiger partial charge in [-0.3, -0.25) is 0 Å². The van der Waals surface area contributed by atoms with Crippen molar-refractivity contribution >= 4 is 0 Å². The Labute approximate surface area is 49.9 Å². The van der Waals surface area contributed by atoms with Gasteiger partial charge in [-0.1, -0.05) is 12.7 Å². The number of hydrogen-bond acceptors (Lipinski definition) is 1. The molecule has 0 aliphatic heterocycles. The minimum Gasteiger partial charge on any atom is -0.192 e. The van der Waals surface area contributed by atoms with E-state index in [0.717, 1.165) is 5.57 Å². The fourth-order valence-corrected chi connectivity index (χ4v) is 0.406. The summed E-state index contributed by atoms with van der Waals surface area (Å²) in [7, 11) is 0. The quantitative estimate of drug-likeness (QED) is 0.371. The summed E-state index contributed by atoms with van der Waals surface area (Å²) >= 11 is 0. The number of allylic oxidation sites excluding steroid dienone is 3. The molecule has 0 heterocycles. The van der Waals surface area contributed by atoms with Crippen molar-refractivity contribution in [2.45, 2.75) is 13.8 Å². The third-order valence-corrected chi connectivity index (χ3v) is 0.869. The van der Waals surface area contributed by atoms with Crippen LogP contribution >= 0.6 is 0 Å². The third-order valence-electron chi connectivity index (χ3n) is 0.869. The molecule has 0 N–H and O–H groups in total. The van der Waals surface area contributed by atoms with Gasteiger partial charge in [-0.05, 0) is 19.4 Å². The van der Waals surface area contributed by atoms with Crippen molar-refractivity contribution < 1.29 is 0 Å². The van der Waals surface area contributed by atoms with Crippen LogP contribution < -0.4 is 0 Å². The first kappa shape index (κ1) is 6.97. The number of nitriles is 1. The molecule has 0 aromatic heterocycles. The van der Waals surface area contributed by atoms with E-state index in [1.54, 1.807) is 6.08 Å². The van der Waals surface area contributed by atoms with E-state index in [-0.39, 0.29) is 0 Å².